The van der Waals surface area contributed by atoms with Gasteiger partial charge in [0.05, 0.1) is 39.9 Å². The SMILES string of the molecule is CCNc1ccc(-n2cc(-c3cnc(C(=O)Nc4ccc(C(=O)N5CCN(C(=O)C6CCNCC6)CC5)c(Cl)c4)n3C)c(C(F)(F)F)n2)nc1.O=CO. The van der Waals surface area contributed by atoms with Crippen LogP contribution in [-0.2, 0) is 22.8 Å². The van der Waals surface area contributed by atoms with Crippen molar-refractivity contribution in [2.24, 2.45) is 13.0 Å². The molecule has 0 aliphatic carbocycles. The highest BCUT2D eigenvalue weighted by molar-refractivity contribution is 6.34. The fourth-order valence-electron chi connectivity index (χ4n) is 6.17. The van der Waals surface area contributed by atoms with Gasteiger partial charge in [0.2, 0.25) is 5.91 Å². The number of benzene rings is 1. The largest absolute Gasteiger partial charge is 0.483 e. The number of carboxylic acid groups (broad SMARTS) is 1. The number of piperazine rings is 1. The van der Waals surface area contributed by atoms with Crippen LogP contribution >= 0.6 is 11.6 Å². The molecule has 6 rings (SSSR count). The maximum absolute atomic E-state index is 14.1. The van der Waals surface area contributed by atoms with Crippen LogP contribution in [0.15, 0.2) is 48.9 Å². The van der Waals surface area contributed by atoms with Gasteiger partial charge in [0.15, 0.2) is 17.3 Å². The molecule has 0 atom stereocenters. The number of aromatic nitrogens is 5. The van der Waals surface area contributed by atoms with Gasteiger partial charge in [-0.05, 0) is 63.2 Å². The molecule has 0 unspecified atom stereocenters. The van der Waals surface area contributed by atoms with Gasteiger partial charge >= 0.3 is 6.18 Å². The minimum absolute atomic E-state index is 0.00881. The molecule has 4 aromatic rings. The number of nitrogens with one attached hydrogen (secondary N) is 3. The summed E-state index contributed by atoms with van der Waals surface area (Å²) >= 11 is 6.49. The molecule has 3 aromatic heterocycles. The quantitative estimate of drug-likeness (QED) is 0.192. The highest BCUT2D eigenvalue weighted by atomic mass is 35.5. The lowest BCUT2D eigenvalue weighted by molar-refractivity contribution is -0.141. The second-order valence-electron chi connectivity index (χ2n) is 12.2. The molecule has 0 radical (unpaired) electrons. The predicted molar refractivity (Wildman–Crippen MR) is 189 cm³/mol. The lowest BCUT2D eigenvalue weighted by Gasteiger charge is -2.37. The topological polar surface area (TPSA) is 180 Å². The maximum Gasteiger partial charge on any atom is 0.435 e. The van der Waals surface area contributed by atoms with Crippen LogP contribution in [0.4, 0.5) is 24.5 Å². The number of hydrogen-bond donors (Lipinski definition) is 4. The number of pyridine rings is 1. The maximum atomic E-state index is 14.1. The number of carbonyl (C=O) groups is 4. The van der Waals surface area contributed by atoms with E-state index in [0.717, 1.165) is 30.6 Å². The van der Waals surface area contributed by atoms with E-state index in [0.29, 0.717) is 38.4 Å². The molecule has 4 N–H and O–H groups in total. The molecule has 53 heavy (non-hydrogen) atoms. The van der Waals surface area contributed by atoms with Gasteiger partial charge in [-0.1, -0.05) is 11.6 Å². The Balaban J connectivity index is 0.00000175. The molecular weight excluding hydrogens is 721 g/mol. The van der Waals surface area contributed by atoms with Crippen LogP contribution in [0, 0.1) is 5.92 Å². The average Bonchev–Trinajstić information content (AvgIpc) is 3.77. The van der Waals surface area contributed by atoms with Gasteiger partial charge in [0.1, 0.15) is 0 Å². The van der Waals surface area contributed by atoms with Crippen molar-refractivity contribution in [3.05, 3.63) is 71.0 Å². The van der Waals surface area contributed by atoms with E-state index in [9.17, 15) is 27.6 Å². The average molecular weight is 759 g/mol. The standard InChI is InChI=1S/C33H36ClF3N10O3.CH2O2/c1-3-39-22-5-7-27(40-17-22)47-19-24(28(43-47)33(35,36)37)26-18-41-29(44(26)2)30(48)42-21-4-6-23(25(34)16-21)32(50)46-14-12-45(13-15-46)31(49)20-8-10-38-11-9-20;2-1-3/h4-7,16-20,38-39H,3,8-15H2,1-2H3,(H,42,48);1H,(H,2,3). The first-order chi connectivity index (χ1) is 25.4. The Hall–Kier alpha value is -5.49. The lowest BCUT2D eigenvalue weighted by atomic mass is 9.96. The summed E-state index contributed by atoms with van der Waals surface area (Å²) < 4.78 is 44.6. The summed E-state index contributed by atoms with van der Waals surface area (Å²) in [5, 5.41) is 19.7. The van der Waals surface area contributed by atoms with Crippen molar-refractivity contribution in [3.8, 4) is 17.1 Å². The van der Waals surface area contributed by atoms with Crippen molar-refractivity contribution < 1.29 is 37.5 Å². The van der Waals surface area contributed by atoms with Crippen LogP contribution in [0.3, 0.4) is 0 Å². The number of nitrogens with zero attached hydrogens (tertiary/aromatic N) is 7. The summed E-state index contributed by atoms with van der Waals surface area (Å²) in [5.41, 5.74) is -0.230. The van der Waals surface area contributed by atoms with Gasteiger partial charge in [-0.3, -0.25) is 19.2 Å². The molecule has 2 fully saturated rings. The lowest BCUT2D eigenvalue weighted by Crippen LogP contribution is -2.52. The normalized spacial score (nSPS) is 15.0. The number of halogens is 4. The van der Waals surface area contributed by atoms with E-state index >= 15 is 0 Å². The van der Waals surface area contributed by atoms with Crippen molar-refractivity contribution in [1.29, 1.82) is 0 Å². The molecule has 15 nitrogen and oxygen atoms in total. The van der Waals surface area contributed by atoms with E-state index in [1.165, 1.54) is 48.4 Å². The highest BCUT2D eigenvalue weighted by Crippen LogP contribution is 2.37. The number of hydrogen-bond acceptors (Lipinski definition) is 9. The summed E-state index contributed by atoms with van der Waals surface area (Å²) in [6.45, 7) is 5.60. The minimum atomic E-state index is -4.80. The summed E-state index contributed by atoms with van der Waals surface area (Å²) in [4.78, 5) is 59.6. The summed E-state index contributed by atoms with van der Waals surface area (Å²) in [7, 11) is 1.42. The van der Waals surface area contributed by atoms with Gasteiger partial charge in [0.25, 0.3) is 18.3 Å². The Morgan fingerprint density at radius 3 is 2.28 bits per heavy atom. The molecule has 2 saturated heterocycles. The first kappa shape index (κ1) is 38.7. The Kier molecular flexibility index (Phi) is 12.3. The molecule has 2 aliphatic rings. The van der Waals surface area contributed by atoms with Gasteiger partial charge in [-0.25, -0.2) is 14.6 Å². The number of carbonyl (C=O) groups excluding carboxylic acids is 3. The van der Waals surface area contributed by atoms with Crippen LogP contribution in [0.2, 0.25) is 5.02 Å². The Morgan fingerprint density at radius 1 is 1.02 bits per heavy atom. The number of piperidine rings is 1. The first-order valence-corrected chi connectivity index (χ1v) is 17.1. The molecule has 19 heteroatoms. The van der Waals surface area contributed by atoms with Crippen LogP contribution in [0.25, 0.3) is 17.1 Å². The fourth-order valence-corrected chi connectivity index (χ4v) is 6.43. The van der Waals surface area contributed by atoms with Crippen molar-refractivity contribution in [1.82, 2.24) is 39.4 Å². The second kappa shape index (κ2) is 16.9. The Labute approximate surface area is 307 Å². The smallest absolute Gasteiger partial charge is 0.435 e. The van der Waals surface area contributed by atoms with Gasteiger partial charge < -0.3 is 35.4 Å². The molecule has 0 bridgehead atoms. The van der Waals surface area contributed by atoms with E-state index in [4.69, 9.17) is 21.5 Å². The third-order valence-corrected chi connectivity index (χ3v) is 9.15. The summed E-state index contributed by atoms with van der Waals surface area (Å²) in [6.07, 6.45) is 0.682. The van der Waals surface area contributed by atoms with E-state index in [1.807, 2.05) is 11.8 Å². The monoisotopic (exact) mass is 758 g/mol. The third kappa shape index (κ3) is 8.94. The fraction of sp³-hybridized carbons (Fsp3) is 0.382. The van der Waals surface area contributed by atoms with E-state index in [-0.39, 0.29) is 63.4 Å². The molecular formula is C34H38ClF3N10O5. The zero-order valence-electron chi connectivity index (χ0n) is 28.9. The van der Waals surface area contributed by atoms with Gasteiger partial charge in [-0.2, -0.15) is 18.3 Å². The highest BCUT2D eigenvalue weighted by Gasteiger charge is 2.39. The number of anilines is 2. The zero-order chi connectivity index (χ0) is 38.3. The van der Waals surface area contributed by atoms with E-state index in [2.05, 4.69) is 31.0 Å². The molecule has 3 amide bonds. The number of amides is 3. The summed E-state index contributed by atoms with van der Waals surface area (Å²) in [6, 6.07) is 7.66. The van der Waals surface area contributed by atoms with Crippen molar-refractivity contribution in [3.63, 3.8) is 0 Å². The molecule has 282 valence electrons. The molecule has 1 aromatic carbocycles. The second-order valence-corrected chi connectivity index (χ2v) is 12.6. The van der Waals surface area contributed by atoms with Crippen LogP contribution < -0.4 is 16.0 Å². The third-order valence-electron chi connectivity index (χ3n) is 8.84. The Bertz CT molecular complexity index is 1940. The van der Waals surface area contributed by atoms with Crippen molar-refractivity contribution >= 4 is 47.2 Å². The first-order valence-electron chi connectivity index (χ1n) is 16.7. The van der Waals surface area contributed by atoms with E-state index < -0.39 is 17.8 Å². The van der Waals surface area contributed by atoms with Crippen LogP contribution in [0.5, 0.6) is 0 Å². The van der Waals surface area contributed by atoms with Crippen LogP contribution in [-0.4, -0.2) is 109 Å². The van der Waals surface area contributed by atoms with Crippen LogP contribution in [0.1, 0.15) is 46.4 Å². The molecule has 5 heterocycles. The molecule has 0 spiro atoms. The number of imidazole rings is 1. The predicted octanol–water partition coefficient (Wildman–Crippen LogP) is 4.01. The number of alkyl halides is 3. The van der Waals surface area contributed by atoms with Crippen molar-refractivity contribution in [2.75, 3.05) is 56.4 Å². The summed E-state index contributed by atoms with van der Waals surface area (Å²) in [5.74, 6) is -0.839. The number of rotatable bonds is 8. The molecule has 2 aliphatic heterocycles. The molecule has 0 saturated carbocycles. The minimum Gasteiger partial charge on any atom is -0.483 e. The van der Waals surface area contributed by atoms with Crippen molar-refractivity contribution in [2.45, 2.75) is 25.9 Å². The van der Waals surface area contributed by atoms with Gasteiger partial charge in [-0.15, -0.1) is 0 Å². The van der Waals surface area contributed by atoms with Gasteiger partial charge in [0, 0.05) is 57.6 Å². The zero-order valence-corrected chi connectivity index (χ0v) is 29.6. The Morgan fingerprint density at radius 2 is 1.68 bits per heavy atom. The van der Waals surface area contributed by atoms with E-state index in [1.54, 1.807) is 17.0 Å².